The lowest BCUT2D eigenvalue weighted by atomic mass is 10.3. The lowest BCUT2D eigenvalue weighted by Crippen LogP contribution is -2.37. The molecule has 0 aliphatic rings. The molecule has 3 nitrogen and oxygen atoms in total. The van der Waals surface area contributed by atoms with Gasteiger partial charge in [0.25, 0.3) is 0 Å². The molecule has 1 unspecified atom stereocenters. The van der Waals surface area contributed by atoms with Gasteiger partial charge in [0, 0.05) is 24.7 Å². The maximum absolute atomic E-state index is 5.90. The Bertz CT molecular complexity index is 333. The molecule has 96 valence electrons. The number of halogens is 1. The molecule has 0 saturated heterocycles. The van der Waals surface area contributed by atoms with Gasteiger partial charge >= 0.3 is 0 Å². The Morgan fingerprint density at radius 1 is 1.47 bits per heavy atom. The van der Waals surface area contributed by atoms with Gasteiger partial charge in [0.1, 0.15) is 11.9 Å². The van der Waals surface area contributed by atoms with Gasteiger partial charge in [-0.1, -0.05) is 24.6 Å². The maximum atomic E-state index is 5.90. The molecule has 2 N–H and O–H groups in total. The van der Waals surface area contributed by atoms with Crippen molar-refractivity contribution in [3.8, 4) is 5.75 Å². The van der Waals surface area contributed by atoms with E-state index in [2.05, 4.69) is 18.7 Å². The summed E-state index contributed by atoms with van der Waals surface area (Å²) in [6.45, 7) is 7.62. The van der Waals surface area contributed by atoms with Crippen LogP contribution in [0.15, 0.2) is 24.3 Å². The van der Waals surface area contributed by atoms with Crippen LogP contribution in [0.2, 0.25) is 5.02 Å². The summed E-state index contributed by atoms with van der Waals surface area (Å²) < 4.78 is 5.81. The van der Waals surface area contributed by atoms with Crippen molar-refractivity contribution in [1.82, 2.24) is 4.90 Å². The molecule has 0 saturated carbocycles. The number of rotatable bonds is 7. The lowest BCUT2D eigenvalue weighted by Gasteiger charge is -2.24. The van der Waals surface area contributed by atoms with Gasteiger partial charge in [-0.3, -0.25) is 4.90 Å². The van der Waals surface area contributed by atoms with E-state index in [0.717, 1.165) is 25.4 Å². The van der Waals surface area contributed by atoms with Crippen molar-refractivity contribution >= 4 is 11.6 Å². The number of nitrogens with two attached hydrogens (primary N) is 1. The number of likely N-dealkylation sites (N-methyl/N-ethyl adjacent to an activating group) is 1. The largest absolute Gasteiger partial charge is 0.489 e. The summed E-state index contributed by atoms with van der Waals surface area (Å²) in [4.78, 5) is 2.27. The number of ether oxygens (including phenoxy) is 1. The van der Waals surface area contributed by atoms with E-state index < -0.39 is 0 Å². The quantitative estimate of drug-likeness (QED) is 0.814. The molecule has 0 bridgehead atoms. The fourth-order valence-electron chi connectivity index (χ4n) is 1.73. The molecule has 0 spiro atoms. The summed E-state index contributed by atoms with van der Waals surface area (Å²) in [6.07, 6.45) is 0.125. The third-order valence-electron chi connectivity index (χ3n) is 2.54. The van der Waals surface area contributed by atoms with Crippen molar-refractivity contribution in [3.63, 3.8) is 0 Å². The molecular weight excluding hydrogens is 236 g/mol. The molecule has 1 atom stereocenters. The van der Waals surface area contributed by atoms with E-state index in [1.54, 1.807) is 0 Å². The molecule has 0 heterocycles. The standard InChI is InChI=1S/C13H21ClN2O/c1-3-16(8-7-15)10-11(2)17-13-6-4-5-12(14)9-13/h4-6,9,11H,3,7-8,10,15H2,1-2H3. The van der Waals surface area contributed by atoms with Gasteiger partial charge in [0.2, 0.25) is 0 Å². The van der Waals surface area contributed by atoms with Gasteiger partial charge in [-0.2, -0.15) is 0 Å². The Hall–Kier alpha value is -0.770. The maximum Gasteiger partial charge on any atom is 0.121 e. The molecule has 17 heavy (non-hydrogen) atoms. The van der Waals surface area contributed by atoms with Crippen LogP contribution in [0, 0.1) is 0 Å². The van der Waals surface area contributed by atoms with Crippen LogP contribution in [0.5, 0.6) is 5.75 Å². The zero-order valence-corrected chi connectivity index (χ0v) is 11.3. The van der Waals surface area contributed by atoms with Crippen molar-refractivity contribution in [2.24, 2.45) is 5.73 Å². The van der Waals surface area contributed by atoms with Crippen LogP contribution in [-0.2, 0) is 0 Å². The predicted octanol–water partition coefficient (Wildman–Crippen LogP) is 2.39. The Labute approximate surface area is 109 Å². The van der Waals surface area contributed by atoms with Crippen molar-refractivity contribution in [1.29, 1.82) is 0 Å². The van der Waals surface area contributed by atoms with Crippen molar-refractivity contribution in [3.05, 3.63) is 29.3 Å². The van der Waals surface area contributed by atoms with Crippen molar-refractivity contribution < 1.29 is 4.74 Å². The van der Waals surface area contributed by atoms with E-state index in [9.17, 15) is 0 Å². The van der Waals surface area contributed by atoms with E-state index in [4.69, 9.17) is 22.1 Å². The first-order valence-electron chi connectivity index (χ1n) is 6.00. The molecule has 0 aliphatic heterocycles. The SMILES string of the molecule is CCN(CCN)CC(C)Oc1cccc(Cl)c1. The summed E-state index contributed by atoms with van der Waals surface area (Å²) in [6, 6.07) is 7.48. The van der Waals surface area contributed by atoms with Gasteiger partial charge in [0.05, 0.1) is 0 Å². The second-order valence-corrected chi connectivity index (χ2v) is 4.50. The number of hydrogen-bond acceptors (Lipinski definition) is 3. The Kier molecular flexibility index (Phi) is 6.34. The minimum Gasteiger partial charge on any atom is -0.489 e. The zero-order valence-electron chi connectivity index (χ0n) is 10.5. The van der Waals surface area contributed by atoms with Crippen LogP contribution in [0.3, 0.4) is 0 Å². The predicted molar refractivity (Wildman–Crippen MR) is 72.7 cm³/mol. The van der Waals surface area contributed by atoms with E-state index in [-0.39, 0.29) is 6.10 Å². The van der Waals surface area contributed by atoms with E-state index in [1.165, 1.54) is 0 Å². The first kappa shape index (κ1) is 14.3. The second-order valence-electron chi connectivity index (χ2n) is 4.07. The van der Waals surface area contributed by atoms with Gasteiger partial charge in [-0.15, -0.1) is 0 Å². The molecular formula is C13H21ClN2O. The first-order valence-corrected chi connectivity index (χ1v) is 6.38. The summed E-state index contributed by atoms with van der Waals surface area (Å²) in [7, 11) is 0. The number of nitrogens with zero attached hydrogens (tertiary/aromatic N) is 1. The topological polar surface area (TPSA) is 38.5 Å². The molecule has 1 rings (SSSR count). The first-order chi connectivity index (χ1) is 8.15. The fourth-order valence-corrected chi connectivity index (χ4v) is 1.91. The van der Waals surface area contributed by atoms with Gasteiger partial charge in [0.15, 0.2) is 0 Å². The Morgan fingerprint density at radius 3 is 2.82 bits per heavy atom. The van der Waals surface area contributed by atoms with Crippen LogP contribution in [0.25, 0.3) is 0 Å². The third-order valence-corrected chi connectivity index (χ3v) is 2.78. The monoisotopic (exact) mass is 256 g/mol. The van der Waals surface area contributed by atoms with Crippen LogP contribution >= 0.6 is 11.6 Å². The fraction of sp³-hybridized carbons (Fsp3) is 0.538. The molecule has 1 aromatic rings. The van der Waals surface area contributed by atoms with E-state index in [1.807, 2.05) is 24.3 Å². The number of benzene rings is 1. The molecule has 4 heteroatoms. The van der Waals surface area contributed by atoms with E-state index in [0.29, 0.717) is 11.6 Å². The number of hydrogen-bond donors (Lipinski definition) is 1. The van der Waals surface area contributed by atoms with Crippen LogP contribution in [-0.4, -0.2) is 37.2 Å². The van der Waals surface area contributed by atoms with Gasteiger partial charge in [-0.05, 0) is 31.7 Å². The molecule has 0 aromatic heterocycles. The second kappa shape index (κ2) is 7.54. The van der Waals surface area contributed by atoms with E-state index >= 15 is 0 Å². The average molecular weight is 257 g/mol. The summed E-state index contributed by atoms with van der Waals surface area (Å²) >= 11 is 5.90. The van der Waals surface area contributed by atoms with Gasteiger partial charge < -0.3 is 10.5 Å². The van der Waals surface area contributed by atoms with Crippen LogP contribution in [0.1, 0.15) is 13.8 Å². The average Bonchev–Trinajstić information content (AvgIpc) is 2.28. The minimum atomic E-state index is 0.125. The third kappa shape index (κ3) is 5.39. The highest BCUT2D eigenvalue weighted by molar-refractivity contribution is 6.30. The summed E-state index contributed by atoms with van der Waals surface area (Å²) in [5.41, 5.74) is 5.55. The van der Waals surface area contributed by atoms with Crippen LogP contribution in [0.4, 0.5) is 0 Å². The highest BCUT2D eigenvalue weighted by Crippen LogP contribution is 2.18. The minimum absolute atomic E-state index is 0.125. The Balaban J connectivity index is 2.45. The normalized spacial score (nSPS) is 12.8. The smallest absolute Gasteiger partial charge is 0.121 e. The molecule has 0 aliphatic carbocycles. The van der Waals surface area contributed by atoms with Crippen molar-refractivity contribution in [2.75, 3.05) is 26.2 Å². The highest BCUT2D eigenvalue weighted by atomic mass is 35.5. The zero-order chi connectivity index (χ0) is 12.7. The van der Waals surface area contributed by atoms with Gasteiger partial charge in [-0.25, -0.2) is 0 Å². The van der Waals surface area contributed by atoms with Crippen molar-refractivity contribution in [2.45, 2.75) is 20.0 Å². The van der Waals surface area contributed by atoms with Crippen LogP contribution < -0.4 is 10.5 Å². The molecule has 1 aromatic carbocycles. The lowest BCUT2D eigenvalue weighted by molar-refractivity contribution is 0.151. The molecule has 0 amide bonds. The molecule has 0 radical (unpaired) electrons. The summed E-state index contributed by atoms with van der Waals surface area (Å²) in [5.74, 6) is 0.814. The Morgan fingerprint density at radius 2 is 2.24 bits per heavy atom. The highest BCUT2D eigenvalue weighted by Gasteiger charge is 2.09. The molecule has 0 fully saturated rings. The summed E-state index contributed by atoms with van der Waals surface area (Å²) in [5, 5.41) is 0.698.